The number of nitrogens with one attached hydrogen (secondary N) is 1. The fourth-order valence-electron chi connectivity index (χ4n) is 2.47. The summed E-state index contributed by atoms with van der Waals surface area (Å²) in [5.41, 5.74) is 2.05. The van der Waals surface area contributed by atoms with E-state index < -0.39 is 10.8 Å². The maximum atomic E-state index is 12.4. The van der Waals surface area contributed by atoms with Crippen LogP contribution in [-0.4, -0.2) is 10.8 Å². The lowest BCUT2D eigenvalue weighted by atomic mass is 10.1. The van der Waals surface area contributed by atoms with Gasteiger partial charge in [0.2, 0.25) is 0 Å². The number of benzene rings is 2. The van der Waals surface area contributed by atoms with Crippen molar-refractivity contribution in [3.05, 3.63) is 69.5 Å². The van der Waals surface area contributed by atoms with Gasteiger partial charge in [0.05, 0.1) is 4.92 Å². The lowest BCUT2D eigenvalue weighted by Crippen LogP contribution is -2.13. The third-order valence-corrected chi connectivity index (χ3v) is 3.65. The van der Waals surface area contributed by atoms with Gasteiger partial charge in [-0.1, -0.05) is 24.3 Å². The highest BCUT2D eigenvalue weighted by Crippen LogP contribution is 2.28. The van der Waals surface area contributed by atoms with Gasteiger partial charge < -0.3 is 9.73 Å². The van der Waals surface area contributed by atoms with Crippen molar-refractivity contribution >= 4 is 28.3 Å². The zero-order valence-corrected chi connectivity index (χ0v) is 12.6. The number of furan rings is 1. The standard InChI is InChI=1S/C17H14N2O4/c1-10-7-8-13(14(9-10)19(21)22)18-17(20)16-11(2)12-5-3-4-6-15(12)23-16/h3-9H,1-2H3,(H,18,20). The highest BCUT2D eigenvalue weighted by atomic mass is 16.6. The third-order valence-electron chi connectivity index (χ3n) is 3.65. The Bertz CT molecular complexity index is 927. The van der Waals surface area contributed by atoms with Crippen molar-refractivity contribution in [1.29, 1.82) is 0 Å². The van der Waals surface area contributed by atoms with E-state index in [1.54, 1.807) is 26.0 Å². The summed E-state index contributed by atoms with van der Waals surface area (Å²) in [5, 5.41) is 14.5. The summed E-state index contributed by atoms with van der Waals surface area (Å²) in [6, 6.07) is 11.9. The molecule has 2 aromatic carbocycles. The van der Waals surface area contributed by atoms with Crippen molar-refractivity contribution < 1.29 is 14.1 Å². The van der Waals surface area contributed by atoms with Gasteiger partial charge in [0, 0.05) is 17.0 Å². The Morgan fingerprint density at radius 3 is 2.61 bits per heavy atom. The van der Waals surface area contributed by atoms with Crippen molar-refractivity contribution in [3.63, 3.8) is 0 Å². The van der Waals surface area contributed by atoms with Crippen molar-refractivity contribution in [2.45, 2.75) is 13.8 Å². The summed E-state index contributed by atoms with van der Waals surface area (Å²) >= 11 is 0. The average molecular weight is 310 g/mol. The van der Waals surface area contributed by atoms with Crippen molar-refractivity contribution in [2.75, 3.05) is 5.32 Å². The second-order valence-electron chi connectivity index (χ2n) is 5.28. The second-order valence-corrected chi connectivity index (χ2v) is 5.28. The first-order chi connectivity index (χ1) is 11.0. The Morgan fingerprint density at radius 2 is 1.91 bits per heavy atom. The maximum absolute atomic E-state index is 12.4. The average Bonchev–Trinajstić information content (AvgIpc) is 2.86. The summed E-state index contributed by atoms with van der Waals surface area (Å²) in [6.07, 6.45) is 0. The van der Waals surface area contributed by atoms with Gasteiger partial charge in [-0.25, -0.2) is 0 Å². The number of nitro groups is 1. The molecule has 116 valence electrons. The van der Waals surface area contributed by atoms with E-state index in [4.69, 9.17) is 4.42 Å². The first-order valence-corrected chi connectivity index (χ1v) is 7.02. The molecule has 23 heavy (non-hydrogen) atoms. The van der Waals surface area contributed by atoms with Crippen LogP contribution in [0.1, 0.15) is 21.7 Å². The molecule has 3 rings (SSSR count). The van der Waals surface area contributed by atoms with E-state index in [1.165, 1.54) is 12.1 Å². The van der Waals surface area contributed by atoms with Gasteiger partial charge >= 0.3 is 0 Å². The molecule has 0 unspecified atom stereocenters. The minimum Gasteiger partial charge on any atom is -0.451 e. The molecular weight excluding hydrogens is 296 g/mol. The summed E-state index contributed by atoms with van der Waals surface area (Å²) in [7, 11) is 0. The first kappa shape index (κ1) is 14.8. The number of rotatable bonds is 3. The molecule has 1 amide bonds. The molecule has 0 saturated heterocycles. The lowest BCUT2D eigenvalue weighted by molar-refractivity contribution is -0.384. The van der Waals surface area contributed by atoms with E-state index >= 15 is 0 Å². The molecule has 0 bridgehead atoms. The molecule has 0 aliphatic rings. The van der Waals surface area contributed by atoms with Gasteiger partial charge in [0.15, 0.2) is 5.76 Å². The van der Waals surface area contributed by atoms with E-state index in [9.17, 15) is 14.9 Å². The van der Waals surface area contributed by atoms with Gasteiger partial charge in [-0.15, -0.1) is 0 Å². The number of hydrogen-bond donors (Lipinski definition) is 1. The minimum absolute atomic E-state index is 0.144. The van der Waals surface area contributed by atoms with Crippen molar-refractivity contribution in [3.8, 4) is 0 Å². The predicted molar refractivity (Wildman–Crippen MR) is 86.7 cm³/mol. The van der Waals surface area contributed by atoms with Gasteiger partial charge in [-0.05, 0) is 31.5 Å². The number of fused-ring (bicyclic) bond motifs is 1. The number of carbonyl (C=O) groups is 1. The number of aryl methyl sites for hydroxylation is 2. The molecule has 0 fully saturated rings. The van der Waals surface area contributed by atoms with Crippen LogP contribution in [0, 0.1) is 24.0 Å². The summed E-state index contributed by atoms with van der Waals surface area (Å²) in [5.74, 6) is -0.355. The number of para-hydroxylation sites is 1. The van der Waals surface area contributed by atoms with Gasteiger partial charge in [0.25, 0.3) is 11.6 Å². The van der Waals surface area contributed by atoms with Crippen LogP contribution in [0.3, 0.4) is 0 Å². The molecule has 0 atom stereocenters. The molecular formula is C17H14N2O4. The molecule has 1 heterocycles. The molecule has 0 aliphatic heterocycles. The van der Waals surface area contributed by atoms with Crippen LogP contribution in [0.15, 0.2) is 46.9 Å². The second kappa shape index (κ2) is 5.57. The topological polar surface area (TPSA) is 85.4 Å². The van der Waals surface area contributed by atoms with Crippen LogP contribution in [-0.2, 0) is 0 Å². The monoisotopic (exact) mass is 310 g/mol. The third kappa shape index (κ3) is 2.66. The van der Waals surface area contributed by atoms with Crippen LogP contribution in [0.25, 0.3) is 11.0 Å². The maximum Gasteiger partial charge on any atom is 0.293 e. The molecule has 6 heteroatoms. The molecule has 0 radical (unpaired) electrons. The van der Waals surface area contributed by atoms with Crippen LogP contribution >= 0.6 is 0 Å². The number of amides is 1. The molecule has 3 aromatic rings. The van der Waals surface area contributed by atoms with Crippen molar-refractivity contribution in [1.82, 2.24) is 0 Å². The molecule has 0 aliphatic carbocycles. The molecule has 1 N–H and O–H groups in total. The highest BCUT2D eigenvalue weighted by molar-refractivity contribution is 6.07. The largest absolute Gasteiger partial charge is 0.451 e. The Hall–Kier alpha value is -3.15. The molecule has 0 saturated carbocycles. The number of nitrogens with zero attached hydrogens (tertiary/aromatic N) is 1. The highest BCUT2D eigenvalue weighted by Gasteiger charge is 2.21. The van der Waals surface area contributed by atoms with Crippen LogP contribution < -0.4 is 5.32 Å². The Morgan fingerprint density at radius 1 is 1.17 bits per heavy atom. The van der Waals surface area contributed by atoms with Crippen LogP contribution in [0.2, 0.25) is 0 Å². The van der Waals surface area contributed by atoms with Crippen LogP contribution in [0.4, 0.5) is 11.4 Å². The fraction of sp³-hybridized carbons (Fsp3) is 0.118. The molecule has 1 aromatic heterocycles. The number of nitro benzene ring substituents is 1. The van der Waals surface area contributed by atoms with Gasteiger partial charge in [-0.3, -0.25) is 14.9 Å². The van der Waals surface area contributed by atoms with E-state index in [0.29, 0.717) is 11.1 Å². The Kier molecular flexibility index (Phi) is 3.57. The zero-order chi connectivity index (χ0) is 16.6. The summed E-state index contributed by atoms with van der Waals surface area (Å²) < 4.78 is 5.57. The zero-order valence-electron chi connectivity index (χ0n) is 12.6. The van der Waals surface area contributed by atoms with E-state index in [1.807, 2.05) is 18.2 Å². The SMILES string of the molecule is Cc1ccc(NC(=O)c2oc3ccccc3c2C)c([N+](=O)[O-])c1. The summed E-state index contributed by atoms with van der Waals surface area (Å²) in [6.45, 7) is 3.53. The minimum atomic E-state index is -0.520. The molecule has 0 spiro atoms. The normalized spacial score (nSPS) is 10.7. The Balaban J connectivity index is 1.98. The predicted octanol–water partition coefficient (Wildman–Crippen LogP) is 4.21. The van der Waals surface area contributed by atoms with E-state index in [2.05, 4.69) is 5.32 Å². The van der Waals surface area contributed by atoms with Crippen LogP contribution in [0.5, 0.6) is 0 Å². The quantitative estimate of drug-likeness (QED) is 0.580. The Labute approximate surface area is 131 Å². The van der Waals surface area contributed by atoms with Gasteiger partial charge in [0.1, 0.15) is 11.3 Å². The summed E-state index contributed by atoms with van der Waals surface area (Å²) in [4.78, 5) is 23.0. The molecule has 6 nitrogen and oxygen atoms in total. The number of carbonyl (C=O) groups excluding carboxylic acids is 1. The van der Waals surface area contributed by atoms with E-state index in [-0.39, 0.29) is 17.1 Å². The smallest absolute Gasteiger partial charge is 0.293 e. The number of hydrogen-bond acceptors (Lipinski definition) is 4. The number of anilines is 1. The fourth-order valence-corrected chi connectivity index (χ4v) is 2.47. The van der Waals surface area contributed by atoms with Crippen molar-refractivity contribution in [2.24, 2.45) is 0 Å². The van der Waals surface area contributed by atoms with Gasteiger partial charge in [-0.2, -0.15) is 0 Å². The van der Waals surface area contributed by atoms with E-state index in [0.717, 1.165) is 10.9 Å². The first-order valence-electron chi connectivity index (χ1n) is 7.02. The lowest BCUT2D eigenvalue weighted by Gasteiger charge is -2.05.